The summed E-state index contributed by atoms with van der Waals surface area (Å²) in [5, 5.41) is 6.97. The molecular weight excluding hydrogens is 455 g/mol. The second-order valence-corrected chi connectivity index (χ2v) is 7.40. The first-order valence-corrected chi connectivity index (χ1v) is 10.8. The monoisotopic (exact) mass is 496 g/mol. The van der Waals surface area contributed by atoms with E-state index in [-0.39, 0.29) is 24.0 Å². The SMILES string of the molecule is CCCCOCCOCCN=C(NCC)NC1CCN(C2CCCC2)C1.I. The zero-order chi connectivity index (χ0) is 18.5. The van der Waals surface area contributed by atoms with Crippen molar-refractivity contribution in [1.29, 1.82) is 0 Å². The van der Waals surface area contributed by atoms with Crippen molar-refractivity contribution < 1.29 is 9.47 Å². The molecule has 0 aromatic rings. The smallest absolute Gasteiger partial charge is 0.191 e. The number of aliphatic imine (C=N–C) groups is 1. The predicted molar refractivity (Wildman–Crippen MR) is 123 cm³/mol. The lowest BCUT2D eigenvalue weighted by atomic mass is 10.2. The van der Waals surface area contributed by atoms with Gasteiger partial charge in [-0.1, -0.05) is 26.2 Å². The second-order valence-electron chi connectivity index (χ2n) is 7.40. The predicted octanol–water partition coefficient (Wildman–Crippen LogP) is 3.01. The summed E-state index contributed by atoms with van der Waals surface area (Å²) in [7, 11) is 0. The number of likely N-dealkylation sites (tertiary alicyclic amines) is 1. The number of hydrogen-bond donors (Lipinski definition) is 2. The van der Waals surface area contributed by atoms with Gasteiger partial charge in [-0.25, -0.2) is 0 Å². The third kappa shape index (κ3) is 10.3. The number of halogens is 1. The summed E-state index contributed by atoms with van der Waals surface area (Å²) in [5.74, 6) is 0.925. The third-order valence-corrected chi connectivity index (χ3v) is 5.27. The highest BCUT2D eigenvalue weighted by molar-refractivity contribution is 14.0. The highest BCUT2D eigenvalue weighted by Crippen LogP contribution is 2.26. The number of nitrogens with zero attached hydrogens (tertiary/aromatic N) is 2. The number of rotatable bonds is 12. The van der Waals surface area contributed by atoms with E-state index in [4.69, 9.17) is 9.47 Å². The Balaban J connectivity index is 0.00000364. The maximum Gasteiger partial charge on any atom is 0.191 e. The van der Waals surface area contributed by atoms with Gasteiger partial charge in [-0.05, 0) is 32.6 Å². The van der Waals surface area contributed by atoms with Crippen molar-refractivity contribution in [3.8, 4) is 0 Å². The summed E-state index contributed by atoms with van der Waals surface area (Å²) in [4.78, 5) is 7.33. The lowest BCUT2D eigenvalue weighted by molar-refractivity contribution is 0.0497. The molecule has 1 saturated heterocycles. The van der Waals surface area contributed by atoms with Crippen LogP contribution in [0.25, 0.3) is 0 Å². The summed E-state index contributed by atoms with van der Waals surface area (Å²) in [6.45, 7) is 11.1. The van der Waals surface area contributed by atoms with Gasteiger partial charge in [0.15, 0.2) is 5.96 Å². The largest absolute Gasteiger partial charge is 0.379 e. The fourth-order valence-electron chi connectivity index (χ4n) is 3.81. The molecule has 0 radical (unpaired) electrons. The van der Waals surface area contributed by atoms with Gasteiger partial charge in [-0.15, -0.1) is 24.0 Å². The summed E-state index contributed by atoms with van der Waals surface area (Å²) < 4.78 is 11.1. The fraction of sp³-hybridized carbons (Fsp3) is 0.950. The first kappa shape index (κ1) is 24.9. The van der Waals surface area contributed by atoms with Crippen LogP contribution in [0.1, 0.15) is 58.8 Å². The molecule has 1 aliphatic carbocycles. The van der Waals surface area contributed by atoms with Gasteiger partial charge in [0.05, 0.1) is 26.4 Å². The Labute approximate surface area is 183 Å². The minimum Gasteiger partial charge on any atom is -0.379 e. The van der Waals surface area contributed by atoms with E-state index in [1.54, 1.807) is 0 Å². The molecule has 2 N–H and O–H groups in total. The summed E-state index contributed by atoms with van der Waals surface area (Å²) in [6.07, 6.45) is 9.11. The van der Waals surface area contributed by atoms with Crippen LogP contribution in [0.5, 0.6) is 0 Å². The van der Waals surface area contributed by atoms with Gasteiger partial charge >= 0.3 is 0 Å². The highest BCUT2D eigenvalue weighted by atomic mass is 127. The Morgan fingerprint density at radius 2 is 1.78 bits per heavy atom. The van der Waals surface area contributed by atoms with Crippen LogP contribution >= 0.6 is 24.0 Å². The van der Waals surface area contributed by atoms with E-state index in [9.17, 15) is 0 Å². The topological polar surface area (TPSA) is 58.1 Å². The summed E-state index contributed by atoms with van der Waals surface area (Å²) in [5.41, 5.74) is 0. The molecular formula is C20H41IN4O2. The molecule has 2 rings (SSSR count). The van der Waals surface area contributed by atoms with Crippen LogP contribution in [-0.4, -0.2) is 75.5 Å². The molecule has 0 bridgehead atoms. The molecule has 7 heteroatoms. The number of nitrogens with one attached hydrogen (secondary N) is 2. The van der Waals surface area contributed by atoms with E-state index in [1.807, 2.05) is 0 Å². The zero-order valence-electron chi connectivity index (χ0n) is 17.4. The first-order chi connectivity index (χ1) is 12.8. The minimum atomic E-state index is 0. The molecule has 1 heterocycles. The maximum absolute atomic E-state index is 5.60. The minimum absolute atomic E-state index is 0. The van der Waals surface area contributed by atoms with Gasteiger partial charge in [0.2, 0.25) is 0 Å². The average Bonchev–Trinajstić information content (AvgIpc) is 3.32. The van der Waals surface area contributed by atoms with Crippen molar-refractivity contribution in [1.82, 2.24) is 15.5 Å². The Hall–Kier alpha value is -0.120. The Morgan fingerprint density at radius 3 is 2.48 bits per heavy atom. The lowest BCUT2D eigenvalue weighted by Gasteiger charge is -2.24. The molecule has 2 aliphatic rings. The Kier molecular flexibility index (Phi) is 14.5. The quantitative estimate of drug-likeness (QED) is 0.188. The second kappa shape index (κ2) is 15.8. The van der Waals surface area contributed by atoms with E-state index in [1.165, 1.54) is 45.1 Å². The van der Waals surface area contributed by atoms with Crippen molar-refractivity contribution in [3.05, 3.63) is 0 Å². The van der Waals surface area contributed by atoms with Gasteiger partial charge in [0, 0.05) is 38.3 Å². The van der Waals surface area contributed by atoms with Gasteiger partial charge in [0.1, 0.15) is 0 Å². The van der Waals surface area contributed by atoms with Gasteiger partial charge in [0.25, 0.3) is 0 Å². The number of ether oxygens (including phenoxy) is 2. The number of guanidine groups is 1. The van der Waals surface area contributed by atoms with Crippen molar-refractivity contribution in [2.45, 2.75) is 70.9 Å². The van der Waals surface area contributed by atoms with Gasteiger partial charge in [-0.2, -0.15) is 0 Å². The average molecular weight is 496 g/mol. The molecule has 0 aromatic heterocycles. The molecule has 1 atom stereocenters. The summed E-state index contributed by atoms with van der Waals surface area (Å²) in [6, 6.07) is 1.34. The fourth-order valence-corrected chi connectivity index (χ4v) is 3.81. The molecule has 6 nitrogen and oxygen atoms in total. The standard InChI is InChI=1S/C20H40N4O2.HI/c1-3-5-13-25-15-16-26-14-11-22-20(21-4-2)23-18-10-12-24(17-18)19-8-6-7-9-19;/h18-19H,3-17H2,1-2H3,(H2,21,22,23);1H. The Morgan fingerprint density at radius 1 is 1.04 bits per heavy atom. The first-order valence-electron chi connectivity index (χ1n) is 10.8. The summed E-state index contributed by atoms with van der Waals surface area (Å²) >= 11 is 0. The van der Waals surface area contributed by atoms with Crippen molar-refractivity contribution in [2.24, 2.45) is 4.99 Å². The lowest BCUT2D eigenvalue weighted by Crippen LogP contribution is -2.45. The molecule has 1 saturated carbocycles. The van der Waals surface area contributed by atoms with Crippen molar-refractivity contribution >= 4 is 29.9 Å². The van der Waals surface area contributed by atoms with Gasteiger partial charge in [-0.3, -0.25) is 9.89 Å². The normalized spacial score (nSPS) is 21.4. The van der Waals surface area contributed by atoms with Crippen molar-refractivity contribution in [2.75, 3.05) is 52.6 Å². The van der Waals surface area contributed by atoms with E-state index < -0.39 is 0 Å². The molecule has 2 fully saturated rings. The molecule has 0 amide bonds. The molecule has 1 aliphatic heterocycles. The van der Waals surface area contributed by atoms with Crippen LogP contribution in [0.3, 0.4) is 0 Å². The van der Waals surface area contributed by atoms with E-state index in [2.05, 4.69) is 34.4 Å². The van der Waals surface area contributed by atoms with E-state index >= 15 is 0 Å². The molecule has 160 valence electrons. The van der Waals surface area contributed by atoms with Crippen LogP contribution in [-0.2, 0) is 9.47 Å². The Bertz CT molecular complexity index is 392. The van der Waals surface area contributed by atoms with E-state index in [0.29, 0.717) is 32.4 Å². The van der Waals surface area contributed by atoms with Crippen LogP contribution in [0.4, 0.5) is 0 Å². The third-order valence-electron chi connectivity index (χ3n) is 5.27. The van der Waals surface area contributed by atoms with Gasteiger partial charge < -0.3 is 20.1 Å². The highest BCUT2D eigenvalue weighted by Gasteiger charge is 2.30. The maximum atomic E-state index is 5.60. The number of hydrogen-bond acceptors (Lipinski definition) is 4. The molecule has 0 spiro atoms. The van der Waals surface area contributed by atoms with Crippen molar-refractivity contribution in [3.63, 3.8) is 0 Å². The van der Waals surface area contributed by atoms with Crippen LogP contribution in [0.2, 0.25) is 0 Å². The van der Waals surface area contributed by atoms with Crippen LogP contribution in [0, 0.1) is 0 Å². The number of unbranched alkanes of at least 4 members (excludes halogenated alkanes) is 1. The van der Waals surface area contributed by atoms with Crippen LogP contribution < -0.4 is 10.6 Å². The van der Waals surface area contributed by atoms with Crippen LogP contribution in [0.15, 0.2) is 4.99 Å². The zero-order valence-corrected chi connectivity index (χ0v) is 19.7. The molecule has 0 aromatic carbocycles. The molecule has 27 heavy (non-hydrogen) atoms. The molecule has 1 unspecified atom stereocenters. The van der Waals surface area contributed by atoms with E-state index in [0.717, 1.165) is 38.1 Å².